The first kappa shape index (κ1) is 16.1. The summed E-state index contributed by atoms with van der Waals surface area (Å²) in [4.78, 5) is 28.5. The fourth-order valence-electron chi connectivity index (χ4n) is 1.41. The number of hydrogen-bond donors (Lipinski definition) is 3. The number of nitrogens with one attached hydrogen (secondary N) is 2. The van der Waals surface area contributed by atoms with Crippen molar-refractivity contribution in [1.82, 2.24) is 14.7 Å². The lowest BCUT2D eigenvalue weighted by atomic mass is 10.2. The highest BCUT2D eigenvalue weighted by atomic mass is 32.2. The van der Waals surface area contributed by atoms with Gasteiger partial charge in [0.15, 0.2) is 5.75 Å². The van der Waals surface area contributed by atoms with Gasteiger partial charge in [0.25, 0.3) is 0 Å². The quantitative estimate of drug-likeness (QED) is 0.517. The number of carbonyl (C=O) groups is 2. The van der Waals surface area contributed by atoms with Crippen molar-refractivity contribution < 1.29 is 27.9 Å². The summed E-state index contributed by atoms with van der Waals surface area (Å²) in [6, 6.07) is -1.39. The average molecular weight is 305 g/mol. The van der Waals surface area contributed by atoms with Gasteiger partial charge in [0.1, 0.15) is 6.04 Å². The number of nitrogens with zero attached hydrogens (tertiary/aromatic N) is 1. The molecule has 1 aromatic rings. The Labute approximate surface area is 115 Å². The highest BCUT2D eigenvalue weighted by molar-refractivity contribution is 7.90. The molecule has 0 saturated heterocycles. The van der Waals surface area contributed by atoms with Crippen LogP contribution in [-0.2, 0) is 30.8 Å². The number of aromatic amines is 1. The van der Waals surface area contributed by atoms with Crippen LogP contribution in [-0.4, -0.2) is 53.8 Å². The van der Waals surface area contributed by atoms with Crippen LogP contribution in [0.1, 0.15) is 12.6 Å². The summed E-state index contributed by atoms with van der Waals surface area (Å²) in [6.07, 6.45) is 2.62. The number of aromatic nitrogens is 2. The van der Waals surface area contributed by atoms with E-state index in [0.717, 1.165) is 0 Å². The number of esters is 1. The number of carboxylic acid groups (broad SMARTS) is 1. The zero-order valence-corrected chi connectivity index (χ0v) is 11.5. The first-order valence-electron chi connectivity index (χ1n) is 5.69. The standard InChI is InChI=1S/C10H15N3O6S/c1-2-19-9(14)5-20(17,18)13-8(10(15)16)3-7-4-11-6-12-7/h4,6,8,13H,2-3,5H2,1H3,(H,11,12)(H,15,16). The Hall–Kier alpha value is -1.94. The number of carboxylic acids is 1. The van der Waals surface area contributed by atoms with Gasteiger partial charge in [-0.05, 0) is 6.92 Å². The topological polar surface area (TPSA) is 138 Å². The molecule has 10 heteroatoms. The molecule has 0 aliphatic heterocycles. The van der Waals surface area contributed by atoms with Gasteiger partial charge in [0, 0.05) is 18.3 Å². The first-order chi connectivity index (χ1) is 9.34. The number of sulfonamides is 1. The summed E-state index contributed by atoms with van der Waals surface area (Å²) < 4.78 is 29.8. The molecule has 0 radical (unpaired) electrons. The second-order valence-corrected chi connectivity index (χ2v) is 5.61. The molecule has 1 atom stereocenters. The van der Waals surface area contributed by atoms with E-state index in [1.807, 2.05) is 4.72 Å². The van der Waals surface area contributed by atoms with E-state index in [0.29, 0.717) is 5.69 Å². The number of rotatable bonds is 8. The fraction of sp³-hybridized carbons (Fsp3) is 0.500. The molecule has 3 N–H and O–H groups in total. The van der Waals surface area contributed by atoms with E-state index < -0.39 is 33.8 Å². The van der Waals surface area contributed by atoms with Crippen molar-refractivity contribution >= 4 is 22.0 Å². The molecule has 0 aliphatic rings. The minimum absolute atomic E-state index is 0.0465. The van der Waals surface area contributed by atoms with Crippen molar-refractivity contribution in [2.45, 2.75) is 19.4 Å². The molecule has 0 bridgehead atoms. The molecule has 0 amide bonds. The molecule has 0 aliphatic carbocycles. The van der Waals surface area contributed by atoms with Crippen LogP contribution in [0, 0.1) is 0 Å². The van der Waals surface area contributed by atoms with E-state index in [9.17, 15) is 18.0 Å². The summed E-state index contributed by atoms with van der Waals surface area (Å²) in [5, 5.41) is 9.00. The van der Waals surface area contributed by atoms with Crippen molar-refractivity contribution in [3.8, 4) is 0 Å². The Balaban J connectivity index is 2.69. The fourth-order valence-corrected chi connectivity index (χ4v) is 2.51. The number of aliphatic carboxylic acids is 1. The third-order valence-corrected chi connectivity index (χ3v) is 3.47. The minimum atomic E-state index is -4.09. The van der Waals surface area contributed by atoms with Crippen molar-refractivity contribution in [1.29, 1.82) is 0 Å². The summed E-state index contributed by atoms with van der Waals surface area (Å²) in [7, 11) is -4.09. The third kappa shape index (κ3) is 5.36. The Kier molecular flexibility index (Phi) is 5.65. The Morgan fingerprint density at radius 2 is 2.25 bits per heavy atom. The van der Waals surface area contributed by atoms with Gasteiger partial charge in [-0.3, -0.25) is 9.59 Å². The van der Waals surface area contributed by atoms with Gasteiger partial charge in [0.05, 0.1) is 12.9 Å². The molecule has 1 unspecified atom stereocenters. The second-order valence-electron chi connectivity index (χ2n) is 3.85. The Morgan fingerprint density at radius 3 is 2.75 bits per heavy atom. The van der Waals surface area contributed by atoms with Crippen molar-refractivity contribution in [3.63, 3.8) is 0 Å². The first-order valence-corrected chi connectivity index (χ1v) is 7.35. The van der Waals surface area contributed by atoms with Gasteiger partial charge >= 0.3 is 11.9 Å². The minimum Gasteiger partial charge on any atom is -0.480 e. The number of hydrogen-bond acceptors (Lipinski definition) is 6. The predicted octanol–water partition coefficient (Wildman–Crippen LogP) is -1.11. The van der Waals surface area contributed by atoms with Crippen LogP contribution in [0.25, 0.3) is 0 Å². The van der Waals surface area contributed by atoms with E-state index >= 15 is 0 Å². The van der Waals surface area contributed by atoms with Gasteiger partial charge in [-0.1, -0.05) is 0 Å². The normalized spacial score (nSPS) is 12.8. The summed E-state index contributed by atoms with van der Waals surface area (Å²) >= 11 is 0. The molecule has 9 nitrogen and oxygen atoms in total. The maximum atomic E-state index is 11.7. The van der Waals surface area contributed by atoms with Crippen LogP contribution in [0.15, 0.2) is 12.5 Å². The van der Waals surface area contributed by atoms with Gasteiger partial charge in [0.2, 0.25) is 10.0 Å². The van der Waals surface area contributed by atoms with Crippen LogP contribution in [0.5, 0.6) is 0 Å². The zero-order chi connectivity index (χ0) is 15.2. The van der Waals surface area contributed by atoms with E-state index in [1.165, 1.54) is 19.4 Å². The van der Waals surface area contributed by atoms with E-state index in [2.05, 4.69) is 14.7 Å². The van der Waals surface area contributed by atoms with Crippen LogP contribution in [0.4, 0.5) is 0 Å². The number of H-pyrrole nitrogens is 1. The van der Waals surface area contributed by atoms with Gasteiger partial charge in [-0.15, -0.1) is 0 Å². The molecule has 1 heterocycles. The zero-order valence-electron chi connectivity index (χ0n) is 10.7. The van der Waals surface area contributed by atoms with Crippen molar-refractivity contribution in [2.24, 2.45) is 0 Å². The molecule has 112 valence electrons. The van der Waals surface area contributed by atoms with E-state index in [-0.39, 0.29) is 13.0 Å². The van der Waals surface area contributed by atoms with Gasteiger partial charge < -0.3 is 14.8 Å². The summed E-state index contributed by atoms with van der Waals surface area (Å²) in [6.45, 7) is 1.58. The van der Waals surface area contributed by atoms with Crippen LogP contribution >= 0.6 is 0 Å². The second kappa shape index (κ2) is 7.01. The van der Waals surface area contributed by atoms with Crippen molar-refractivity contribution in [3.05, 3.63) is 18.2 Å². The Morgan fingerprint density at radius 1 is 1.55 bits per heavy atom. The maximum Gasteiger partial charge on any atom is 0.322 e. The smallest absolute Gasteiger partial charge is 0.322 e. The highest BCUT2D eigenvalue weighted by Gasteiger charge is 2.27. The maximum absolute atomic E-state index is 11.7. The number of carbonyl (C=O) groups excluding carboxylic acids is 1. The summed E-state index contributed by atoms with van der Waals surface area (Å²) in [5.41, 5.74) is 0.455. The van der Waals surface area contributed by atoms with Crippen LogP contribution in [0.2, 0.25) is 0 Å². The molecular weight excluding hydrogens is 290 g/mol. The molecule has 0 spiro atoms. The molecular formula is C10H15N3O6S. The lowest BCUT2D eigenvalue weighted by Gasteiger charge is -2.13. The van der Waals surface area contributed by atoms with Crippen molar-refractivity contribution in [2.75, 3.05) is 12.4 Å². The number of imidazole rings is 1. The molecule has 20 heavy (non-hydrogen) atoms. The molecule has 0 aromatic carbocycles. The largest absolute Gasteiger partial charge is 0.480 e. The molecule has 1 aromatic heterocycles. The highest BCUT2D eigenvalue weighted by Crippen LogP contribution is 2.01. The SMILES string of the molecule is CCOC(=O)CS(=O)(=O)NC(Cc1cnc[nH]1)C(=O)O. The average Bonchev–Trinajstić information content (AvgIpc) is 2.79. The van der Waals surface area contributed by atoms with E-state index in [4.69, 9.17) is 5.11 Å². The lowest BCUT2D eigenvalue weighted by molar-refractivity contribution is -0.141. The monoisotopic (exact) mass is 305 g/mol. The predicted molar refractivity (Wildman–Crippen MR) is 67.3 cm³/mol. The molecule has 0 fully saturated rings. The van der Waals surface area contributed by atoms with Crippen LogP contribution in [0.3, 0.4) is 0 Å². The Bertz CT molecular complexity index is 554. The van der Waals surface area contributed by atoms with Gasteiger partial charge in [-0.25, -0.2) is 18.1 Å². The number of ether oxygens (including phenoxy) is 1. The van der Waals surface area contributed by atoms with E-state index in [1.54, 1.807) is 0 Å². The molecule has 1 rings (SSSR count). The molecule has 0 saturated carbocycles. The summed E-state index contributed by atoms with van der Waals surface area (Å²) in [5.74, 6) is -3.22. The van der Waals surface area contributed by atoms with Crippen LogP contribution < -0.4 is 4.72 Å². The lowest BCUT2D eigenvalue weighted by Crippen LogP contribution is -2.44. The van der Waals surface area contributed by atoms with Gasteiger partial charge in [-0.2, -0.15) is 0 Å². The third-order valence-electron chi connectivity index (χ3n) is 2.21.